The maximum absolute atomic E-state index is 12.0. The molecule has 1 aromatic rings. The monoisotopic (exact) mass is 344 g/mol. The largest absolute Gasteiger partial charge is 0.481 e. The lowest BCUT2D eigenvalue weighted by Crippen LogP contribution is -2.39. The molecular weight excluding hydrogens is 320 g/mol. The Labute approximate surface area is 147 Å². The Balaban J connectivity index is 1.63. The number of aliphatic carboxylic acids is 1. The second-order valence-electron chi connectivity index (χ2n) is 7.05. The molecule has 1 aromatic carbocycles. The summed E-state index contributed by atoms with van der Waals surface area (Å²) in [6.07, 6.45) is 4.13. The Kier molecular flexibility index (Phi) is 5.06. The van der Waals surface area contributed by atoms with Crippen LogP contribution in [0.2, 0.25) is 0 Å². The minimum absolute atomic E-state index is 0.199. The number of nitrogens with one attached hydrogen (secondary N) is 1. The minimum Gasteiger partial charge on any atom is -0.481 e. The first-order chi connectivity index (χ1) is 12.0. The van der Waals surface area contributed by atoms with Crippen molar-refractivity contribution in [3.63, 3.8) is 0 Å². The van der Waals surface area contributed by atoms with Gasteiger partial charge in [0, 0.05) is 25.2 Å². The van der Waals surface area contributed by atoms with Gasteiger partial charge in [-0.2, -0.15) is 0 Å². The number of nitrogens with zero attached hydrogens (tertiary/aromatic N) is 1. The molecule has 0 bridgehead atoms. The zero-order valence-corrected chi connectivity index (χ0v) is 14.4. The Morgan fingerprint density at radius 2 is 1.72 bits per heavy atom. The number of carboxylic acid groups (broad SMARTS) is 1. The maximum Gasteiger partial charge on any atom is 0.306 e. The van der Waals surface area contributed by atoms with E-state index < -0.39 is 5.97 Å². The fourth-order valence-corrected chi connectivity index (χ4v) is 3.87. The van der Waals surface area contributed by atoms with Gasteiger partial charge in [0.15, 0.2) is 0 Å². The molecule has 1 heterocycles. The summed E-state index contributed by atoms with van der Waals surface area (Å²) in [7, 11) is 2.03. The van der Waals surface area contributed by atoms with E-state index in [0.29, 0.717) is 18.9 Å². The zero-order valence-electron chi connectivity index (χ0n) is 14.4. The van der Waals surface area contributed by atoms with Crippen LogP contribution in [0.25, 0.3) is 0 Å². The highest BCUT2D eigenvalue weighted by Crippen LogP contribution is 2.31. The van der Waals surface area contributed by atoms with E-state index >= 15 is 0 Å². The van der Waals surface area contributed by atoms with Crippen LogP contribution in [0.15, 0.2) is 24.3 Å². The maximum atomic E-state index is 12.0. The lowest BCUT2D eigenvalue weighted by Gasteiger charge is -2.35. The molecule has 2 fully saturated rings. The second-order valence-corrected chi connectivity index (χ2v) is 7.05. The van der Waals surface area contributed by atoms with Crippen molar-refractivity contribution in [1.29, 1.82) is 0 Å². The molecule has 6 nitrogen and oxygen atoms in total. The molecule has 6 heteroatoms. The van der Waals surface area contributed by atoms with Crippen molar-refractivity contribution in [3.8, 4) is 0 Å². The number of piperidine rings is 1. The Bertz CT molecular complexity index is 663. The number of benzene rings is 1. The number of carboxylic acids is 1. The molecule has 1 aliphatic carbocycles. The molecule has 1 saturated carbocycles. The van der Waals surface area contributed by atoms with Gasteiger partial charge in [0.05, 0.1) is 11.8 Å². The average Bonchev–Trinajstić information content (AvgIpc) is 2.61. The van der Waals surface area contributed by atoms with Crippen LogP contribution >= 0.6 is 0 Å². The molecule has 0 aromatic heterocycles. The smallest absolute Gasteiger partial charge is 0.306 e. The standard InChI is InChI=1S/C19H24N2O4/c1-21(15-8-4-13(5-9-15)19(24)25)14-6-2-12(3-7-14)16-10-11-17(22)20-18(16)23/h2-3,6-7,13,15-16H,4-5,8-11H2,1H3,(H,24,25)(H,20,22,23). The lowest BCUT2D eigenvalue weighted by atomic mass is 9.85. The van der Waals surface area contributed by atoms with Crippen molar-refractivity contribution in [2.45, 2.75) is 50.5 Å². The van der Waals surface area contributed by atoms with Crippen molar-refractivity contribution in [1.82, 2.24) is 5.32 Å². The predicted octanol–water partition coefficient (Wildman–Crippen LogP) is 2.29. The van der Waals surface area contributed by atoms with Gasteiger partial charge < -0.3 is 10.0 Å². The van der Waals surface area contributed by atoms with Gasteiger partial charge >= 0.3 is 5.97 Å². The van der Waals surface area contributed by atoms with E-state index in [0.717, 1.165) is 36.9 Å². The number of hydrogen-bond donors (Lipinski definition) is 2. The van der Waals surface area contributed by atoms with E-state index in [2.05, 4.69) is 10.2 Å². The Morgan fingerprint density at radius 3 is 2.28 bits per heavy atom. The topological polar surface area (TPSA) is 86.7 Å². The van der Waals surface area contributed by atoms with Gasteiger partial charge in [0.25, 0.3) is 0 Å². The lowest BCUT2D eigenvalue weighted by molar-refractivity contribution is -0.143. The predicted molar refractivity (Wildman–Crippen MR) is 93.4 cm³/mol. The first kappa shape index (κ1) is 17.5. The van der Waals surface area contributed by atoms with Crippen LogP contribution in [0.5, 0.6) is 0 Å². The fourth-order valence-electron chi connectivity index (χ4n) is 3.87. The molecular formula is C19H24N2O4. The van der Waals surface area contributed by atoms with Gasteiger partial charge in [-0.05, 0) is 49.8 Å². The first-order valence-corrected chi connectivity index (χ1v) is 8.85. The van der Waals surface area contributed by atoms with E-state index in [1.54, 1.807) is 0 Å². The van der Waals surface area contributed by atoms with Gasteiger partial charge in [-0.25, -0.2) is 0 Å². The van der Waals surface area contributed by atoms with Crippen molar-refractivity contribution < 1.29 is 19.5 Å². The van der Waals surface area contributed by atoms with E-state index in [-0.39, 0.29) is 23.7 Å². The number of anilines is 1. The molecule has 2 N–H and O–H groups in total. The fraction of sp³-hybridized carbons (Fsp3) is 0.526. The highest BCUT2D eigenvalue weighted by atomic mass is 16.4. The number of amides is 2. The molecule has 3 rings (SSSR count). The number of rotatable bonds is 4. The Hall–Kier alpha value is -2.37. The van der Waals surface area contributed by atoms with Gasteiger partial charge in [-0.15, -0.1) is 0 Å². The third kappa shape index (κ3) is 3.83. The van der Waals surface area contributed by atoms with Crippen LogP contribution < -0.4 is 10.2 Å². The van der Waals surface area contributed by atoms with Crippen molar-refractivity contribution in [2.24, 2.45) is 5.92 Å². The number of hydrogen-bond acceptors (Lipinski definition) is 4. The van der Waals surface area contributed by atoms with Crippen LogP contribution in [0, 0.1) is 5.92 Å². The van der Waals surface area contributed by atoms with Crippen molar-refractivity contribution in [2.75, 3.05) is 11.9 Å². The molecule has 2 amide bonds. The summed E-state index contributed by atoms with van der Waals surface area (Å²) in [5.41, 5.74) is 1.99. The molecule has 0 spiro atoms. The number of carbonyl (C=O) groups is 3. The Morgan fingerprint density at radius 1 is 1.08 bits per heavy atom. The zero-order chi connectivity index (χ0) is 18.0. The third-order valence-electron chi connectivity index (χ3n) is 5.54. The summed E-state index contributed by atoms with van der Waals surface area (Å²) in [5, 5.41) is 11.5. The van der Waals surface area contributed by atoms with Crippen LogP contribution in [-0.2, 0) is 14.4 Å². The first-order valence-electron chi connectivity index (χ1n) is 8.85. The normalized spacial score (nSPS) is 26.8. The number of carbonyl (C=O) groups excluding carboxylic acids is 2. The van der Waals surface area contributed by atoms with Crippen molar-refractivity contribution >= 4 is 23.5 Å². The summed E-state index contributed by atoms with van der Waals surface area (Å²) in [6.45, 7) is 0. The quantitative estimate of drug-likeness (QED) is 0.819. The van der Waals surface area contributed by atoms with Gasteiger partial charge in [-0.3, -0.25) is 19.7 Å². The molecule has 1 aliphatic heterocycles. The van der Waals surface area contributed by atoms with Gasteiger partial charge in [0.1, 0.15) is 0 Å². The molecule has 2 aliphatic rings. The van der Waals surface area contributed by atoms with Crippen LogP contribution in [0.3, 0.4) is 0 Å². The van der Waals surface area contributed by atoms with E-state index in [9.17, 15) is 14.4 Å². The van der Waals surface area contributed by atoms with E-state index in [1.807, 2.05) is 31.3 Å². The molecule has 1 atom stereocenters. The van der Waals surface area contributed by atoms with Gasteiger partial charge in [0.2, 0.25) is 11.8 Å². The van der Waals surface area contributed by atoms with Crippen molar-refractivity contribution in [3.05, 3.63) is 29.8 Å². The molecule has 25 heavy (non-hydrogen) atoms. The summed E-state index contributed by atoms with van der Waals surface area (Å²) >= 11 is 0. The summed E-state index contributed by atoms with van der Waals surface area (Å²) in [4.78, 5) is 36.5. The minimum atomic E-state index is -0.685. The second kappa shape index (κ2) is 7.25. The van der Waals surface area contributed by atoms with Crippen LogP contribution in [-0.4, -0.2) is 36.0 Å². The molecule has 0 radical (unpaired) electrons. The van der Waals surface area contributed by atoms with E-state index in [1.165, 1.54) is 0 Å². The van der Waals surface area contributed by atoms with Crippen LogP contribution in [0.1, 0.15) is 50.0 Å². The summed E-state index contributed by atoms with van der Waals surface area (Å²) < 4.78 is 0. The SMILES string of the molecule is CN(c1ccc(C2CCC(=O)NC2=O)cc1)C1CCC(C(=O)O)CC1. The van der Waals surface area contributed by atoms with Crippen LogP contribution in [0.4, 0.5) is 5.69 Å². The summed E-state index contributed by atoms with van der Waals surface area (Å²) in [6, 6.07) is 8.26. The highest BCUT2D eigenvalue weighted by Gasteiger charge is 2.29. The third-order valence-corrected chi connectivity index (χ3v) is 5.54. The number of imide groups is 1. The molecule has 1 unspecified atom stereocenters. The van der Waals surface area contributed by atoms with Gasteiger partial charge in [-0.1, -0.05) is 12.1 Å². The van der Waals surface area contributed by atoms with E-state index in [4.69, 9.17) is 5.11 Å². The molecule has 134 valence electrons. The highest BCUT2D eigenvalue weighted by molar-refractivity contribution is 6.00. The molecule has 1 saturated heterocycles. The average molecular weight is 344 g/mol. The summed E-state index contributed by atoms with van der Waals surface area (Å²) in [5.74, 6) is -1.57.